The van der Waals surface area contributed by atoms with Crippen LogP contribution in [-0.4, -0.2) is 0 Å². The van der Waals surface area contributed by atoms with E-state index in [2.05, 4.69) is 170 Å². The Morgan fingerprint density at radius 3 is 1.19 bits per heavy atom. The highest BCUT2D eigenvalue weighted by Gasteiger charge is 2.16. The van der Waals surface area contributed by atoms with Gasteiger partial charge in [0.1, 0.15) is 0 Å². The van der Waals surface area contributed by atoms with Crippen LogP contribution in [0.5, 0.6) is 0 Å². The summed E-state index contributed by atoms with van der Waals surface area (Å²) in [5, 5.41) is 7.64. The fraction of sp³-hybridized carbons (Fsp3) is 0. The zero-order valence-electron chi connectivity index (χ0n) is 23.2. The van der Waals surface area contributed by atoms with Crippen LogP contribution in [0.1, 0.15) is 0 Å². The molecule has 0 amide bonds. The lowest BCUT2D eigenvalue weighted by molar-refractivity contribution is 1.61. The molecule has 0 fully saturated rings. The van der Waals surface area contributed by atoms with Gasteiger partial charge in [0.15, 0.2) is 0 Å². The summed E-state index contributed by atoms with van der Waals surface area (Å²) in [6.07, 6.45) is 0. The highest BCUT2D eigenvalue weighted by Crippen LogP contribution is 2.44. The van der Waals surface area contributed by atoms with Gasteiger partial charge in [0.25, 0.3) is 0 Å². The number of hydrogen-bond donors (Lipinski definition) is 0. The molecule has 42 heavy (non-hydrogen) atoms. The van der Waals surface area contributed by atoms with Crippen molar-refractivity contribution in [2.24, 2.45) is 0 Å². The van der Waals surface area contributed by atoms with Gasteiger partial charge in [0, 0.05) is 0 Å². The number of hydrogen-bond acceptors (Lipinski definition) is 0. The molecule has 0 aliphatic heterocycles. The summed E-state index contributed by atoms with van der Waals surface area (Å²) < 4.78 is 0. The zero-order chi connectivity index (χ0) is 27.9. The van der Waals surface area contributed by atoms with Crippen LogP contribution >= 0.6 is 0 Å². The summed E-state index contributed by atoms with van der Waals surface area (Å²) in [7, 11) is 0. The van der Waals surface area contributed by atoms with Gasteiger partial charge >= 0.3 is 0 Å². The molecular formula is C42H28. The summed E-state index contributed by atoms with van der Waals surface area (Å²) in [5.41, 5.74) is 10.0. The Morgan fingerprint density at radius 2 is 0.643 bits per heavy atom. The van der Waals surface area contributed by atoms with Gasteiger partial charge in [-0.2, -0.15) is 0 Å². The molecule has 0 aliphatic rings. The highest BCUT2D eigenvalue weighted by molar-refractivity contribution is 6.21. The Labute approximate surface area is 246 Å². The van der Waals surface area contributed by atoms with Crippen molar-refractivity contribution in [3.05, 3.63) is 170 Å². The van der Waals surface area contributed by atoms with Gasteiger partial charge in [-0.1, -0.05) is 158 Å². The maximum absolute atomic E-state index is 2.34. The van der Waals surface area contributed by atoms with Gasteiger partial charge in [-0.25, -0.2) is 0 Å². The van der Waals surface area contributed by atoms with Gasteiger partial charge in [-0.15, -0.1) is 0 Å². The van der Waals surface area contributed by atoms with Crippen molar-refractivity contribution in [1.82, 2.24) is 0 Å². The first-order chi connectivity index (χ1) is 20.8. The van der Waals surface area contributed by atoms with E-state index in [1.807, 2.05) is 0 Å². The van der Waals surface area contributed by atoms with Crippen molar-refractivity contribution in [1.29, 1.82) is 0 Å². The van der Waals surface area contributed by atoms with Crippen LogP contribution in [0.4, 0.5) is 0 Å². The molecule has 0 aliphatic carbocycles. The van der Waals surface area contributed by atoms with Crippen molar-refractivity contribution in [3.8, 4) is 44.5 Å². The lowest BCUT2D eigenvalue weighted by Gasteiger charge is -2.18. The molecule has 8 rings (SSSR count). The first-order valence-corrected chi connectivity index (χ1v) is 14.5. The maximum atomic E-state index is 2.34. The Balaban J connectivity index is 1.33. The van der Waals surface area contributed by atoms with Gasteiger partial charge in [0.05, 0.1) is 0 Å². The molecule has 0 heterocycles. The Morgan fingerprint density at radius 1 is 0.238 bits per heavy atom. The van der Waals surface area contributed by atoms with Gasteiger partial charge < -0.3 is 0 Å². The fourth-order valence-corrected chi connectivity index (χ4v) is 6.52. The lowest BCUT2D eigenvalue weighted by atomic mass is 9.85. The van der Waals surface area contributed by atoms with Crippen LogP contribution < -0.4 is 0 Å². The van der Waals surface area contributed by atoms with Crippen LogP contribution in [0.25, 0.3) is 76.8 Å². The quantitative estimate of drug-likeness (QED) is 0.198. The first kappa shape index (κ1) is 24.3. The standard InChI is InChI=1S/C42H28/c1-3-13-29(14-4-1)34-27-33-17-7-8-18-35(33)40(28-34)30-23-25-32(26-24-30)42-38-21-11-9-19-36(38)41(31-15-5-2-6-16-31)37-20-10-12-22-39(37)42/h1-28H. The predicted molar refractivity (Wildman–Crippen MR) is 181 cm³/mol. The van der Waals surface area contributed by atoms with E-state index in [9.17, 15) is 0 Å². The van der Waals surface area contributed by atoms with E-state index in [4.69, 9.17) is 0 Å². The number of rotatable bonds is 4. The molecule has 196 valence electrons. The molecule has 0 unspecified atom stereocenters. The normalized spacial score (nSPS) is 11.3. The first-order valence-electron chi connectivity index (χ1n) is 14.5. The molecule has 8 aromatic rings. The molecule has 0 heteroatoms. The second kappa shape index (κ2) is 10.2. The minimum Gasteiger partial charge on any atom is -0.0622 e. The van der Waals surface area contributed by atoms with Gasteiger partial charge in [-0.05, 0) is 89.0 Å². The van der Waals surface area contributed by atoms with Crippen molar-refractivity contribution in [2.75, 3.05) is 0 Å². The van der Waals surface area contributed by atoms with Crippen molar-refractivity contribution in [3.63, 3.8) is 0 Å². The maximum Gasteiger partial charge on any atom is -0.00264 e. The van der Waals surface area contributed by atoms with Gasteiger partial charge in [0.2, 0.25) is 0 Å². The molecule has 0 atom stereocenters. The van der Waals surface area contributed by atoms with Crippen molar-refractivity contribution in [2.45, 2.75) is 0 Å². The van der Waals surface area contributed by atoms with E-state index in [0.29, 0.717) is 0 Å². The van der Waals surface area contributed by atoms with Crippen LogP contribution in [0.2, 0.25) is 0 Å². The van der Waals surface area contributed by atoms with E-state index < -0.39 is 0 Å². The SMILES string of the molecule is c1ccc(-c2cc(-c3ccc(-c4c5ccccc5c(-c5ccccc5)c5ccccc45)cc3)c3ccccc3c2)cc1. The topological polar surface area (TPSA) is 0 Å². The smallest absolute Gasteiger partial charge is 0.00264 e. The minimum absolute atomic E-state index is 1.22. The summed E-state index contributed by atoms with van der Waals surface area (Å²) in [5.74, 6) is 0. The molecule has 0 saturated carbocycles. The summed E-state index contributed by atoms with van der Waals surface area (Å²) in [4.78, 5) is 0. The molecule has 0 bridgehead atoms. The third-order valence-corrected chi connectivity index (χ3v) is 8.45. The van der Waals surface area contributed by atoms with E-state index >= 15 is 0 Å². The predicted octanol–water partition coefficient (Wildman–Crippen LogP) is 11.8. The van der Waals surface area contributed by atoms with E-state index in [0.717, 1.165) is 0 Å². The average Bonchev–Trinajstić information content (AvgIpc) is 3.07. The van der Waals surface area contributed by atoms with Crippen molar-refractivity contribution >= 4 is 32.3 Å². The Hall–Kier alpha value is -5.46. The summed E-state index contributed by atoms with van der Waals surface area (Å²) in [6.45, 7) is 0. The summed E-state index contributed by atoms with van der Waals surface area (Å²) in [6, 6.07) is 61.7. The van der Waals surface area contributed by atoms with E-state index in [1.165, 1.54) is 76.8 Å². The Kier molecular flexibility index (Phi) is 5.90. The molecule has 0 spiro atoms. The molecule has 0 N–H and O–H groups in total. The second-order valence-electron chi connectivity index (χ2n) is 10.9. The monoisotopic (exact) mass is 532 g/mol. The minimum atomic E-state index is 1.22. The van der Waals surface area contributed by atoms with Crippen molar-refractivity contribution < 1.29 is 0 Å². The second-order valence-corrected chi connectivity index (χ2v) is 10.9. The average molecular weight is 533 g/mol. The third kappa shape index (κ3) is 4.08. The zero-order valence-corrected chi connectivity index (χ0v) is 23.2. The largest absolute Gasteiger partial charge is 0.0622 e. The molecule has 0 nitrogen and oxygen atoms in total. The summed E-state index contributed by atoms with van der Waals surface area (Å²) >= 11 is 0. The van der Waals surface area contributed by atoms with Crippen LogP contribution in [0, 0.1) is 0 Å². The third-order valence-electron chi connectivity index (χ3n) is 8.45. The highest BCUT2D eigenvalue weighted by atomic mass is 14.2. The number of benzene rings is 8. The van der Waals surface area contributed by atoms with Crippen LogP contribution in [0.15, 0.2) is 170 Å². The molecule has 0 saturated heterocycles. The molecular weight excluding hydrogens is 504 g/mol. The number of fused-ring (bicyclic) bond motifs is 3. The van der Waals surface area contributed by atoms with Crippen LogP contribution in [0.3, 0.4) is 0 Å². The molecule has 8 aromatic carbocycles. The fourth-order valence-electron chi connectivity index (χ4n) is 6.52. The van der Waals surface area contributed by atoms with E-state index in [1.54, 1.807) is 0 Å². The van der Waals surface area contributed by atoms with Crippen LogP contribution in [-0.2, 0) is 0 Å². The van der Waals surface area contributed by atoms with E-state index in [-0.39, 0.29) is 0 Å². The lowest BCUT2D eigenvalue weighted by Crippen LogP contribution is -1.91. The molecule has 0 aromatic heterocycles. The Bertz CT molecular complexity index is 2150. The molecule has 0 radical (unpaired) electrons. The van der Waals surface area contributed by atoms with Gasteiger partial charge in [-0.3, -0.25) is 0 Å².